The molecule has 1 aliphatic heterocycles. The zero-order valence-electron chi connectivity index (χ0n) is 13.5. The molecule has 0 unspecified atom stereocenters. The Hall–Kier alpha value is -1.53. The van der Waals surface area contributed by atoms with Gasteiger partial charge in [0.25, 0.3) is 0 Å². The van der Waals surface area contributed by atoms with E-state index in [-0.39, 0.29) is 5.02 Å². The summed E-state index contributed by atoms with van der Waals surface area (Å²) in [6.07, 6.45) is -4.46. The molecule has 7 nitrogen and oxygen atoms in total. The lowest BCUT2D eigenvalue weighted by atomic mass is 10.1. The first-order chi connectivity index (χ1) is 11.8. The first-order valence-corrected chi connectivity index (χ1v) is 8.30. The fourth-order valence-corrected chi connectivity index (χ4v) is 3.51. The highest BCUT2D eigenvalue weighted by Crippen LogP contribution is 2.42. The van der Waals surface area contributed by atoms with Gasteiger partial charge in [-0.15, -0.1) is 0 Å². The summed E-state index contributed by atoms with van der Waals surface area (Å²) in [7, 11) is 3.49. The van der Waals surface area contributed by atoms with Crippen molar-refractivity contribution in [1.82, 2.24) is 4.57 Å². The van der Waals surface area contributed by atoms with Crippen LogP contribution in [0.25, 0.3) is 10.9 Å². The highest BCUT2D eigenvalue weighted by Gasteiger charge is 2.45. The number of fused-ring (bicyclic) bond motifs is 1. The molecule has 4 atom stereocenters. The summed E-state index contributed by atoms with van der Waals surface area (Å²) >= 11 is 12.2. The van der Waals surface area contributed by atoms with E-state index in [1.165, 1.54) is 0 Å². The maximum atomic E-state index is 10.4. The van der Waals surface area contributed by atoms with Crippen molar-refractivity contribution in [2.75, 3.05) is 25.6 Å². The number of halogens is 2. The quantitative estimate of drug-likeness (QED) is 0.739. The first-order valence-electron chi connectivity index (χ1n) is 7.54. The van der Waals surface area contributed by atoms with Gasteiger partial charge in [-0.05, 0) is 12.1 Å². The highest BCUT2D eigenvalue weighted by atomic mass is 35.5. The minimum absolute atomic E-state index is 0.287. The fraction of sp³-hybridized carbons (Fsp3) is 0.438. The van der Waals surface area contributed by atoms with Gasteiger partial charge in [-0.2, -0.15) is 5.26 Å². The van der Waals surface area contributed by atoms with Crippen molar-refractivity contribution in [3.63, 3.8) is 0 Å². The molecule has 0 amide bonds. The standard InChI is InChI=1S/C16H17Cl2N3O4/c1-20(2)15-8(5-19)7-3-9(17)10(18)4-11(7)21(15)16-14(24)13(23)12(6-22)25-16/h3-4,12-14,16,22-24H,6H2,1-2H3/t12-,13-,14-,16-/m1/s1. The minimum atomic E-state index is -1.28. The summed E-state index contributed by atoms with van der Waals surface area (Å²) in [5.41, 5.74) is 0.876. The van der Waals surface area contributed by atoms with E-state index in [1.54, 1.807) is 35.7 Å². The van der Waals surface area contributed by atoms with Gasteiger partial charge in [-0.1, -0.05) is 23.2 Å². The molecule has 0 saturated carbocycles. The number of ether oxygens (including phenoxy) is 1. The molecule has 1 aromatic carbocycles. The van der Waals surface area contributed by atoms with E-state index in [4.69, 9.17) is 27.9 Å². The Kier molecular flexibility index (Phi) is 4.86. The summed E-state index contributed by atoms with van der Waals surface area (Å²) in [6, 6.07) is 5.32. The van der Waals surface area contributed by atoms with E-state index in [0.717, 1.165) is 0 Å². The van der Waals surface area contributed by atoms with Crippen LogP contribution >= 0.6 is 23.2 Å². The van der Waals surface area contributed by atoms with Gasteiger partial charge in [-0.25, -0.2) is 0 Å². The number of hydrogen-bond donors (Lipinski definition) is 3. The zero-order valence-corrected chi connectivity index (χ0v) is 15.0. The first kappa shape index (κ1) is 18.3. The lowest BCUT2D eigenvalue weighted by Crippen LogP contribution is -2.33. The molecule has 1 aromatic heterocycles. The van der Waals surface area contributed by atoms with Crippen LogP contribution in [-0.2, 0) is 4.74 Å². The number of nitrogens with zero attached hydrogens (tertiary/aromatic N) is 3. The van der Waals surface area contributed by atoms with Crippen LogP contribution in [-0.4, -0.2) is 58.9 Å². The van der Waals surface area contributed by atoms with Crippen molar-refractivity contribution in [3.05, 3.63) is 27.7 Å². The number of hydrogen-bond acceptors (Lipinski definition) is 6. The van der Waals surface area contributed by atoms with Crippen molar-refractivity contribution in [2.45, 2.75) is 24.5 Å². The summed E-state index contributed by atoms with van der Waals surface area (Å²) in [6.45, 7) is -0.442. The van der Waals surface area contributed by atoms with Gasteiger partial charge in [0.1, 0.15) is 35.8 Å². The lowest BCUT2D eigenvalue weighted by Gasteiger charge is -2.24. The number of anilines is 1. The molecule has 2 aromatic rings. The van der Waals surface area contributed by atoms with Gasteiger partial charge >= 0.3 is 0 Å². The highest BCUT2D eigenvalue weighted by molar-refractivity contribution is 6.42. The predicted molar refractivity (Wildman–Crippen MR) is 94.0 cm³/mol. The largest absolute Gasteiger partial charge is 0.394 e. The van der Waals surface area contributed by atoms with Crippen LogP contribution in [0.5, 0.6) is 0 Å². The molecular formula is C16H17Cl2N3O4. The Labute approximate surface area is 154 Å². The van der Waals surface area contributed by atoms with Gasteiger partial charge < -0.3 is 25.0 Å². The van der Waals surface area contributed by atoms with E-state index in [0.29, 0.717) is 27.3 Å². The fourth-order valence-electron chi connectivity index (χ4n) is 3.19. The summed E-state index contributed by atoms with van der Waals surface area (Å²) in [4.78, 5) is 1.70. The monoisotopic (exact) mass is 385 g/mol. The number of aromatic nitrogens is 1. The molecule has 3 rings (SSSR count). The number of nitriles is 1. The molecule has 25 heavy (non-hydrogen) atoms. The zero-order chi connectivity index (χ0) is 18.5. The van der Waals surface area contributed by atoms with Crippen LogP contribution in [0.2, 0.25) is 10.0 Å². The SMILES string of the molecule is CN(C)c1c(C#N)c2cc(Cl)c(Cl)cc2n1[C@@H]1O[C@H](CO)[C@@H](O)[C@H]1O. The van der Waals surface area contributed by atoms with E-state index >= 15 is 0 Å². The second-order valence-corrected chi connectivity index (χ2v) is 6.90. The van der Waals surface area contributed by atoms with E-state index in [2.05, 4.69) is 6.07 Å². The third-order valence-electron chi connectivity index (χ3n) is 4.33. The second-order valence-electron chi connectivity index (χ2n) is 6.09. The van der Waals surface area contributed by atoms with E-state index < -0.39 is 31.1 Å². The Balaban J connectivity index is 2.32. The molecule has 0 aliphatic carbocycles. The van der Waals surface area contributed by atoms with Crippen LogP contribution < -0.4 is 4.90 Å². The van der Waals surface area contributed by atoms with Crippen LogP contribution in [0, 0.1) is 11.3 Å². The Bertz CT molecular complexity index is 861. The summed E-state index contributed by atoms with van der Waals surface area (Å²) in [5.74, 6) is 0.477. The smallest absolute Gasteiger partial charge is 0.164 e. The Morgan fingerprint density at radius 1 is 1.24 bits per heavy atom. The number of aliphatic hydroxyl groups excluding tert-OH is 3. The van der Waals surface area contributed by atoms with Gasteiger partial charge in [0.2, 0.25) is 0 Å². The summed E-state index contributed by atoms with van der Waals surface area (Å²) < 4.78 is 7.25. The number of benzene rings is 1. The second kappa shape index (κ2) is 6.65. The van der Waals surface area contributed by atoms with Crippen LogP contribution in [0.4, 0.5) is 5.82 Å². The maximum Gasteiger partial charge on any atom is 0.164 e. The molecular weight excluding hydrogens is 369 g/mol. The normalized spacial score (nSPS) is 26.2. The molecule has 3 N–H and O–H groups in total. The van der Waals surface area contributed by atoms with Crippen molar-refractivity contribution >= 4 is 39.9 Å². The minimum Gasteiger partial charge on any atom is -0.394 e. The lowest BCUT2D eigenvalue weighted by molar-refractivity contribution is -0.0499. The van der Waals surface area contributed by atoms with Gasteiger partial charge in [0.05, 0.1) is 22.2 Å². The molecule has 1 fully saturated rings. The van der Waals surface area contributed by atoms with Crippen LogP contribution in [0.1, 0.15) is 11.8 Å². The molecule has 0 radical (unpaired) electrons. The molecule has 134 valence electrons. The van der Waals surface area contributed by atoms with Crippen molar-refractivity contribution in [1.29, 1.82) is 5.26 Å². The molecule has 1 aliphatic rings. The van der Waals surface area contributed by atoms with Gasteiger partial charge in [-0.3, -0.25) is 4.57 Å². The molecule has 9 heteroatoms. The molecule has 0 bridgehead atoms. The third kappa shape index (κ3) is 2.75. The van der Waals surface area contributed by atoms with Crippen LogP contribution in [0.3, 0.4) is 0 Å². The summed E-state index contributed by atoms with van der Waals surface area (Å²) in [5, 5.41) is 40.6. The maximum absolute atomic E-state index is 10.4. The molecule has 1 saturated heterocycles. The van der Waals surface area contributed by atoms with E-state index in [9.17, 15) is 20.6 Å². The molecule has 2 heterocycles. The van der Waals surface area contributed by atoms with Crippen molar-refractivity contribution in [3.8, 4) is 6.07 Å². The average molecular weight is 386 g/mol. The average Bonchev–Trinajstić information content (AvgIpc) is 3.03. The van der Waals surface area contributed by atoms with Crippen molar-refractivity contribution in [2.24, 2.45) is 0 Å². The Morgan fingerprint density at radius 3 is 2.40 bits per heavy atom. The number of rotatable bonds is 3. The van der Waals surface area contributed by atoms with Gasteiger partial charge in [0.15, 0.2) is 6.23 Å². The topological polar surface area (TPSA) is 102 Å². The predicted octanol–water partition coefficient (Wildman–Crippen LogP) is 1.50. The third-order valence-corrected chi connectivity index (χ3v) is 5.05. The van der Waals surface area contributed by atoms with Crippen LogP contribution in [0.15, 0.2) is 12.1 Å². The number of aliphatic hydroxyl groups is 3. The molecule has 0 spiro atoms. The van der Waals surface area contributed by atoms with Gasteiger partial charge in [0, 0.05) is 19.5 Å². The van der Waals surface area contributed by atoms with E-state index in [1.807, 2.05) is 0 Å². The Morgan fingerprint density at radius 2 is 1.88 bits per heavy atom. The van der Waals surface area contributed by atoms with Crippen molar-refractivity contribution < 1.29 is 20.1 Å².